The maximum Gasteiger partial charge on any atom is 0.309 e. The number of hydrogen-bond donors (Lipinski definition) is 1. The number of hydrogen-bond acceptors (Lipinski definition) is 6. The Kier molecular flexibility index (Phi) is 6.86. The SMILES string of the molecule is CCCOc1cc(C[C@H]2C(=O)OC[C@@H]2Cc2ccc(OC)c(OC)c2)ccc1O. The largest absolute Gasteiger partial charge is 0.504 e. The molecule has 0 bridgehead atoms. The Morgan fingerprint density at radius 1 is 1.00 bits per heavy atom. The fourth-order valence-electron chi connectivity index (χ4n) is 3.63. The van der Waals surface area contributed by atoms with Gasteiger partial charge >= 0.3 is 5.97 Å². The smallest absolute Gasteiger partial charge is 0.309 e. The van der Waals surface area contributed by atoms with Gasteiger partial charge in [-0.25, -0.2) is 0 Å². The van der Waals surface area contributed by atoms with E-state index in [9.17, 15) is 9.90 Å². The number of phenols is 1. The molecule has 0 saturated carbocycles. The molecule has 1 heterocycles. The molecule has 0 spiro atoms. The number of benzene rings is 2. The second-order valence-electron chi connectivity index (χ2n) is 7.24. The molecule has 0 radical (unpaired) electrons. The first-order chi connectivity index (χ1) is 14.0. The van der Waals surface area contributed by atoms with Crippen molar-refractivity contribution in [1.29, 1.82) is 0 Å². The quantitative estimate of drug-likeness (QED) is 0.646. The molecule has 2 atom stereocenters. The van der Waals surface area contributed by atoms with Crippen LogP contribution in [-0.2, 0) is 22.4 Å². The van der Waals surface area contributed by atoms with Gasteiger partial charge in [0, 0.05) is 5.92 Å². The Bertz CT molecular complexity index is 847. The molecule has 3 rings (SSSR count). The summed E-state index contributed by atoms with van der Waals surface area (Å²) in [5.74, 6) is 1.55. The Labute approximate surface area is 171 Å². The Balaban J connectivity index is 1.74. The van der Waals surface area contributed by atoms with E-state index in [2.05, 4.69) is 0 Å². The van der Waals surface area contributed by atoms with E-state index >= 15 is 0 Å². The van der Waals surface area contributed by atoms with E-state index < -0.39 is 0 Å². The fourth-order valence-corrected chi connectivity index (χ4v) is 3.63. The zero-order valence-corrected chi connectivity index (χ0v) is 17.1. The van der Waals surface area contributed by atoms with Crippen molar-refractivity contribution in [1.82, 2.24) is 0 Å². The first-order valence-corrected chi connectivity index (χ1v) is 9.88. The summed E-state index contributed by atoms with van der Waals surface area (Å²) < 4.78 is 21.6. The van der Waals surface area contributed by atoms with Crippen LogP contribution in [-0.4, -0.2) is 38.5 Å². The van der Waals surface area contributed by atoms with Gasteiger partial charge in [0.25, 0.3) is 0 Å². The van der Waals surface area contributed by atoms with Gasteiger partial charge in [-0.1, -0.05) is 19.1 Å². The first-order valence-electron chi connectivity index (χ1n) is 9.88. The number of carbonyl (C=O) groups is 1. The summed E-state index contributed by atoms with van der Waals surface area (Å²) in [6.45, 7) is 2.94. The zero-order valence-electron chi connectivity index (χ0n) is 17.1. The van der Waals surface area contributed by atoms with Gasteiger partial charge in [-0.2, -0.15) is 0 Å². The van der Waals surface area contributed by atoms with Crippen molar-refractivity contribution in [2.24, 2.45) is 11.8 Å². The Morgan fingerprint density at radius 2 is 1.69 bits per heavy atom. The van der Waals surface area contributed by atoms with Crippen LogP contribution >= 0.6 is 0 Å². The summed E-state index contributed by atoms with van der Waals surface area (Å²) in [7, 11) is 3.21. The lowest BCUT2D eigenvalue weighted by Crippen LogP contribution is -2.20. The normalized spacial score (nSPS) is 18.4. The number of esters is 1. The molecular formula is C23H28O6. The molecule has 0 unspecified atom stereocenters. The molecule has 6 heteroatoms. The predicted molar refractivity (Wildman–Crippen MR) is 109 cm³/mol. The summed E-state index contributed by atoms with van der Waals surface area (Å²) in [6, 6.07) is 11.0. The second-order valence-corrected chi connectivity index (χ2v) is 7.24. The molecule has 0 amide bonds. The third-order valence-electron chi connectivity index (χ3n) is 5.20. The number of carbonyl (C=O) groups excluding carboxylic acids is 1. The van der Waals surface area contributed by atoms with Crippen LogP contribution in [0.15, 0.2) is 36.4 Å². The molecule has 6 nitrogen and oxygen atoms in total. The fraction of sp³-hybridized carbons (Fsp3) is 0.435. The van der Waals surface area contributed by atoms with Crippen molar-refractivity contribution in [2.45, 2.75) is 26.2 Å². The van der Waals surface area contributed by atoms with Crippen LogP contribution in [0.1, 0.15) is 24.5 Å². The number of ether oxygens (including phenoxy) is 4. The third-order valence-corrected chi connectivity index (χ3v) is 5.20. The number of cyclic esters (lactones) is 1. The van der Waals surface area contributed by atoms with E-state index in [1.165, 1.54) is 0 Å². The molecule has 1 saturated heterocycles. The molecule has 0 aliphatic carbocycles. The minimum Gasteiger partial charge on any atom is -0.504 e. The Morgan fingerprint density at radius 3 is 2.41 bits per heavy atom. The zero-order chi connectivity index (χ0) is 20.8. The highest BCUT2D eigenvalue weighted by Gasteiger charge is 2.37. The van der Waals surface area contributed by atoms with Gasteiger partial charge in [-0.15, -0.1) is 0 Å². The maximum absolute atomic E-state index is 12.4. The summed E-state index contributed by atoms with van der Waals surface area (Å²) in [5, 5.41) is 9.97. The monoisotopic (exact) mass is 400 g/mol. The highest BCUT2D eigenvalue weighted by Crippen LogP contribution is 2.34. The maximum atomic E-state index is 12.4. The lowest BCUT2D eigenvalue weighted by atomic mass is 9.85. The molecule has 1 N–H and O–H groups in total. The molecule has 1 fully saturated rings. The highest BCUT2D eigenvalue weighted by molar-refractivity contribution is 5.75. The lowest BCUT2D eigenvalue weighted by molar-refractivity contribution is -0.141. The average Bonchev–Trinajstić information content (AvgIpc) is 3.07. The minimum atomic E-state index is -0.244. The predicted octanol–water partition coefficient (Wildman–Crippen LogP) is 3.77. The van der Waals surface area contributed by atoms with E-state index in [4.69, 9.17) is 18.9 Å². The summed E-state index contributed by atoms with van der Waals surface area (Å²) >= 11 is 0. The van der Waals surface area contributed by atoms with Crippen LogP contribution in [0.3, 0.4) is 0 Å². The lowest BCUT2D eigenvalue weighted by Gasteiger charge is -2.17. The van der Waals surface area contributed by atoms with Crippen molar-refractivity contribution in [2.75, 3.05) is 27.4 Å². The summed E-state index contributed by atoms with van der Waals surface area (Å²) in [4.78, 5) is 12.4. The molecule has 2 aromatic carbocycles. The number of aromatic hydroxyl groups is 1. The molecule has 156 valence electrons. The Hall–Kier alpha value is -2.89. The van der Waals surface area contributed by atoms with Gasteiger partial charge in [0.2, 0.25) is 0 Å². The topological polar surface area (TPSA) is 74.2 Å². The van der Waals surface area contributed by atoms with Gasteiger partial charge in [0.05, 0.1) is 33.4 Å². The number of phenolic OH excluding ortho intramolecular Hbond substituents is 1. The second kappa shape index (κ2) is 9.54. The van der Waals surface area contributed by atoms with Gasteiger partial charge in [0.15, 0.2) is 23.0 Å². The van der Waals surface area contributed by atoms with Crippen LogP contribution in [0.25, 0.3) is 0 Å². The van der Waals surface area contributed by atoms with Crippen LogP contribution in [0.4, 0.5) is 0 Å². The summed E-state index contributed by atoms with van der Waals surface area (Å²) in [5.41, 5.74) is 2.00. The van der Waals surface area contributed by atoms with Gasteiger partial charge in [0.1, 0.15) is 0 Å². The minimum absolute atomic E-state index is 0.0643. The molecular weight excluding hydrogens is 372 g/mol. The van der Waals surface area contributed by atoms with Crippen molar-refractivity contribution in [3.8, 4) is 23.0 Å². The van der Waals surface area contributed by atoms with Crippen molar-refractivity contribution < 1.29 is 28.8 Å². The number of methoxy groups -OCH3 is 2. The van der Waals surface area contributed by atoms with Gasteiger partial charge in [-0.05, 0) is 54.7 Å². The highest BCUT2D eigenvalue weighted by atomic mass is 16.5. The van der Waals surface area contributed by atoms with Crippen molar-refractivity contribution >= 4 is 5.97 Å². The van der Waals surface area contributed by atoms with Crippen LogP contribution in [0.2, 0.25) is 0 Å². The van der Waals surface area contributed by atoms with Crippen LogP contribution in [0.5, 0.6) is 23.0 Å². The average molecular weight is 400 g/mol. The number of rotatable bonds is 9. The third kappa shape index (κ3) is 4.94. The molecule has 1 aliphatic rings. The van der Waals surface area contributed by atoms with E-state index in [0.717, 1.165) is 17.5 Å². The standard InChI is InChI=1S/C23H28O6/c1-4-9-28-21-12-16(5-7-19(21)24)11-18-17(14-29-23(18)25)10-15-6-8-20(26-2)22(13-15)27-3/h5-8,12-13,17-18,24H,4,9-11,14H2,1-3H3/t17-,18+/m0/s1. The van der Waals surface area contributed by atoms with E-state index in [1.807, 2.05) is 37.3 Å². The molecule has 29 heavy (non-hydrogen) atoms. The van der Waals surface area contributed by atoms with Crippen LogP contribution < -0.4 is 14.2 Å². The molecule has 0 aromatic heterocycles. The summed E-state index contributed by atoms with van der Waals surface area (Å²) in [6.07, 6.45) is 2.10. The molecule has 1 aliphatic heterocycles. The van der Waals surface area contributed by atoms with Crippen LogP contribution in [0, 0.1) is 11.8 Å². The van der Waals surface area contributed by atoms with Gasteiger partial charge < -0.3 is 24.1 Å². The van der Waals surface area contributed by atoms with Crippen molar-refractivity contribution in [3.05, 3.63) is 47.5 Å². The van der Waals surface area contributed by atoms with Crippen molar-refractivity contribution in [3.63, 3.8) is 0 Å². The van der Waals surface area contributed by atoms with E-state index in [0.29, 0.717) is 43.3 Å². The van der Waals surface area contributed by atoms with Gasteiger partial charge in [-0.3, -0.25) is 4.79 Å². The first kappa shape index (κ1) is 20.8. The van der Waals surface area contributed by atoms with E-state index in [-0.39, 0.29) is 23.6 Å². The molecule has 2 aromatic rings. The van der Waals surface area contributed by atoms with E-state index in [1.54, 1.807) is 20.3 Å².